The van der Waals surface area contributed by atoms with Gasteiger partial charge >= 0.3 is 0 Å². The lowest BCUT2D eigenvalue weighted by molar-refractivity contribution is 0.102. The number of anilines is 2. The van der Waals surface area contributed by atoms with Crippen LogP contribution in [0.3, 0.4) is 0 Å². The van der Waals surface area contributed by atoms with E-state index in [0.29, 0.717) is 18.2 Å². The first-order valence-corrected chi connectivity index (χ1v) is 9.68. The van der Waals surface area contributed by atoms with Gasteiger partial charge in [0.1, 0.15) is 17.3 Å². The Morgan fingerprint density at radius 3 is 2.50 bits per heavy atom. The number of amides is 1. The Balaban J connectivity index is 1.63. The number of benzene rings is 2. The summed E-state index contributed by atoms with van der Waals surface area (Å²) in [5.41, 5.74) is 4.13. The molecule has 150 valence electrons. The maximum absolute atomic E-state index is 12.9. The summed E-state index contributed by atoms with van der Waals surface area (Å²) in [7, 11) is 0. The first-order valence-electron chi connectivity index (χ1n) is 9.68. The zero-order chi connectivity index (χ0) is 20.9. The second-order valence-corrected chi connectivity index (χ2v) is 7.01. The minimum Gasteiger partial charge on any atom is -0.467 e. The first kappa shape index (κ1) is 19.4. The third kappa shape index (κ3) is 4.55. The van der Waals surface area contributed by atoms with E-state index in [-0.39, 0.29) is 11.6 Å². The summed E-state index contributed by atoms with van der Waals surface area (Å²) >= 11 is 0. The van der Waals surface area contributed by atoms with Crippen LogP contribution in [0.5, 0.6) is 0 Å². The zero-order valence-corrected chi connectivity index (χ0v) is 16.8. The normalized spacial score (nSPS) is 10.6. The molecule has 6 nitrogen and oxygen atoms in total. The molecule has 0 aliphatic rings. The minimum absolute atomic E-state index is 0.282. The van der Waals surface area contributed by atoms with Crippen LogP contribution in [0.4, 0.5) is 11.5 Å². The molecule has 2 aromatic carbocycles. The molecule has 0 atom stereocenters. The molecule has 1 amide bonds. The molecule has 0 fully saturated rings. The molecule has 6 heteroatoms. The lowest BCUT2D eigenvalue weighted by atomic mass is 10.1. The van der Waals surface area contributed by atoms with Crippen LogP contribution in [0.25, 0.3) is 11.4 Å². The van der Waals surface area contributed by atoms with Crippen molar-refractivity contribution in [1.82, 2.24) is 9.97 Å². The van der Waals surface area contributed by atoms with E-state index in [1.165, 1.54) is 5.56 Å². The predicted octanol–water partition coefficient (Wildman–Crippen LogP) is 5.22. The number of carbonyl (C=O) groups excluding carboxylic acids is 1. The highest BCUT2D eigenvalue weighted by atomic mass is 16.3. The van der Waals surface area contributed by atoms with Crippen molar-refractivity contribution in [3.05, 3.63) is 95.6 Å². The summed E-state index contributed by atoms with van der Waals surface area (Å²) in [5.74, 6) is 1.51. The third-order valence-electron chi connectivity index (χ3n) is 4.78. The van der Waals surface area contributed by atoms with Gasteiger partial charge in [0.2, 0.25) is 0 Å². The van der Waals surface area contributed by atoms with Gasteiger partial charge in [-0.15, -0.1) is 0 Å². The number of furan rings is 1. The Morgan fingerprint density at radius 1 is 0.933 bits per heavy atom. The van der Waals surface area contributed by atoms with Crippen LogP contribution in [0.2, 0.25) is 0 Å². The van der Waals surface area contributed by atoms with Crippen LogP contribution in [0.1, 0.15) is 27.4 Å². The van der Waals surface area contributed by atoms with Crippen molar-refractivity contribution >= 4 is 17.4 Å². The molecule has 2 N–H and O–H groups in total. The monoisotopic (exact) mass is 398 g/mol. The SMILES string of the molecule is Cc1ccc(NC(=O)c2cc(NCc3ccco3)nc(-c3ccccc3)n2)cc1C. The van der Waals surface area contributed by atoms with E-state index in [1.54, 1.807) is 12.3 Å². The Hall–Kier alpha value is -3.93. The smallest absolute Gasteiger partial charge is 0.274 e. The topological polar surface area (TPSA) is 80.0 Å². The minimum atomic E-state index is -0.293. The van der Waals surface area contributed by atoms with E-state index in [0.717, 1.165) is 22.6 Å². The summed E-state index contributed by atoms with van der Waals surface area (Å²) in [6, 6.07) is 20.7. The molecule has 30 heavy (non-hydrogen) atoms. The maximum Gasteiger partial charge on any atom is 0.274 e. The van der Waals surface area contributed by atoms with Gasteiger partial charge in [0.15, 0.2) is 5.82 Å². The van der Waals surface area contributed by atoms with Crippen molar-refractivity contribution in [3.63, 3.8) is 0 Å². The molecule has 4 aromatic rings. The van der Waals surface area contributed by atoms with Gasteiger partial charge in [-0.1, -0.05) is 36.4 Å². The van der Waals surface area contributed by atoms with E-state index >= 15 is 0 Å². The van der Waals surface area contributed by atoms with Crippen molar-refractivity contribution in [1.29, 1.82) is 0 Å². The van der Waals surface area contributed by atoms with Crippen molar-refractivity contribution in [2.45, 2.75) is 20.4 Å². The molecule has 0 bridgehead atoms. The molecular weight excluding hydrogens is 376 g/mol. The van der Waals surface area contributed by atoms with Crippen LogP contribution in [0.15, 0.2) is 77.4 Å². The quantitative estimate of drug-likeness (QED) is 0.466. The highest BCUT2D eigenvalue weighted by Gasteiger charge is 2.14. The number of aryl methyl sites for hydroxylation is 2. The van der Waals surface area contributed by atoms with Crippen LogP contribution < -0.4 is 10.6 Å². The van der Waals surface area contributed by atoms with Crippen molar-refractivity contribution in [2.75, 3.05) is 10.6 Å². The molecule has 0 saturated carbocycles. The summed E-state index contributed by atoms with van der Waals surface area (Å²) in [5, 5.41) is 6.13. The fraction of sp³-hybridized carbons (Fsp3) is 0.125. The van der Waals surface area contributed by atoms with E-state index in [1.807, 2.05) is 74.5 Å². The average molecular weight is 398 g/mol. The summed E-state index contributed by atoms with van der Waals surface area (Å²) < 4.78 is 5.36. The van der Waals surface area contributed by atoms with E-state index < -0.39 is 0 Å². The highest BCUT2D eigenvalue weighted by molar-refractivity contribution is 6.03. The van der Waals surface area contributed by atoms with E-state index in [9.17, 15) is 4.79 Å². The van der Waals surface area contributed by atoms with Gasteiger partial charge in [-0.3, -0.25) is 4.79 Å². The third-order valence-corrected chi connectivity index (χ3v) is 4.78. The van der Waals surface area contributed by atoms with Crippen molar-refractivity contribution < 1.29 is 9.21 Å². The molecule has 0 radical (unpaired) electrons. The largest absolute Gasteiger partial charge is 0.467 e. The molecule has 2 heterocycles. The molecule has 2 aromatic heterocycles. The van der Waals surface area contributed by atoms with Crippen LogP contribution in [-0.4, -0.2) is 15.9 Å². The Kier molecular flexibility index (Phi) is 5.57. The van der Waals surface area contributed by atoms with Gasteiger partial charge < -0.3 is 15.1 Å². The highest BCUT2D eigenvalue weighted by Crippen LogP contribution is 2.20. The summed E-state index contributed by atoms with van der Waals surface area (Å²) in [4.78, 5) is 22.0. The molecule has 0 saturated heterocycles. The van der Waals surface area contributed by atoms with Crippen molar-refractivity contribution in [2.24, 2.45) is 0 Å². The number of rotatable bonds is 6. The number of carbonyl (C=O) groups is 1. The molecule has 0 unspecified atom stereocenters. The number of aromatic nitrogens is 2. The number of nitrogens with zero attached hydrogens (tertiary/aromatic N) is 2. The number of hydrogen-bond donors (Lipinski definition) is 2. The molecular formula is C24H22N4O2. The van der Waals surface area contributed by atoms with E-state index in [4.69, 9.17) is 4.42 Å². The van der Waals surface area contributed by atoms with Gasteiger partial charge in [-0.25, -0.2) is 9.97 Å². The molecule has 4 rings (SSSR count). The maximum atomic E-state index is 12.9. The van der Waals surface area contributed by atoms with Gasteiger partial charge in [-0.05, 0) is 49.2 Å². The lowest BCUT2D eigenvalue weighted by Gasteiger charge is -2.11. The Morgan fingerprint density at radius 2 is 1.77 bits per heavy atom. The second-order valence-electron chi connectivity index (χ2n) is 7.01. The first-order chi connectivity index (χ1) is 14.6. The van der Waals surface area contributed by atoms with Crippen LogP contribution in [0, 0.1) is 13.8 Å². The van der Waals surface area contributed by atoms with Gasteiger partial charge in [-0.2, -0.15) is 0 Å². The Bertz CT molecular complexity index is 1160. The van der Waals surface area contributed by atoms with Gasteiger partial charge in [0.25, 0.3) is 5.91 Å². The molecule has 0 spiro atoms. The number of hydrogen-bond acceptors (Lipinski definition) is 5. The molecule has 0 aliphatic carbocycles. The molecule has 0 aliphatic heterocycles. The predicted molar refractivity (Wildman–Crippen MR) is 117 cm³/mol. The number of nitrogens with one attached hydrogen (secondary N) is 2. The fourth-order valence-corrected chi connectivity index (χ4v) is 2.98. The summed E-state index contributed by atoms with van der Waals surface area (Å²) in [6.45, 7) is 4.50. The second kappa shape index (κ2) is 8.61. The fourth-order valence-electron chi connectivity index (χ4n) is 2.98. The van der Waals surface area contributed by atoms with Crippen molar-refractivity contribution in [3.8, 4) is 11.4 Å². The zero-order valence-electron chi connectivity index (χ0n) is 16.8. The van der Waals surface area contributed by atoms with Gasteiger partial charge in [0, 0.05) is 17.3 Å². The van der Waals surface area contributed by atoms with E-state index in [2.05, 4.69) is 20.6 Å². The van der Waals surface area contributed by atoms with Crippen LogP contribution in [-0.2, 0) is 6.54 Å². The Labute approximate surface area is 175 Å². The summed E-state index contributed by atoms with van der Waals surface area (Å²) in [6.07, 6.45) is 1.62. The standard InChI is InChI=1S/C24H22N4O2/c1-16-10-11-19(13-17(16)2)26-24(29)21-14-22(25-15-20-9-6-12-30-20)28-23(27-21)18-7-4-3-5-8-18/h3-14H,15H2,1-2H3,(H,26,29)(H,25,27,28). The average Bonchev–Trinajstić information content (AvgIpc) is 3.29. The van der Waals surface area contributed by atoms with Gasteiger partial charge in [0.05, 0.1) is 12.8 Å². The lowest BCUT2D eigenvalue weighted by Crippen LogP contribution is -2.16. The van der Waals surface area contributed by atoms with Crippen LogP contribution >= 0.6 is 0 Å².